The highest BCUT2D eigenvalue weighted by molar-refractivity contribution is 5.81. The van der Waals surface area contributed by atoms with Gasteiger partial charge in [0.1, 0.15) is 47.4 Å². The molecule has 0 amide bonds. The first-order valence-corrected chi connectivity index (χ1v) is 38.2. The molecular weight excluding hydrogens is 1290 g/mol. The van der Waals surface area contributed by atoms with Crippen LogP contribution in [0.5, 0.6) is 0 Å². The molecule has 6 nitrogen and oxygen atoms in total. The molecule has 0 radical (unpaired) electrons. The van der Waals surface area contributed by atoms with E-state index in [0.29, 0.717) is 96.9 Å². The van der Waals surface area contributed by atoms with Crippen molar-refractivity contribution in [3.05, 3.63) is 282 Å². The van der Waals surface area contributed by atoms with Gasteiger partial charge in [-0.3, -0.25) is 9.15 Å². The summed E-state index contributed by atoms with van der Waals surface area (Å²) in [5.41, 5.74) is 10.3. The Balaban J connectivity index is 1.22. The highest BCUT2D eigenvalue weighted by Gasteiger charge is 2.57. The van der Waals surface area contributed by atoms with E-state index in [0.717, 1.165) is 56.4 Å². The third-order valence-corrected chi connectivity index (χ3v) is 21.8. The molecule has 0 bridgehead atoms. The van der Waals surface area contributed by atoms with Gasteiger partial charge in [-0.05, 0) is 181 Å². The Morgan fingerprint density at radius 1 is 0.250 bits per heavy atom. The summed E-state index contributed by atoms with van der Waals surface area (Å²) in [5, 5.41) is 0. The molecule has 3 aliphatic heterocycles. The first kappa shape index (κ1) is 77.1. The van der Waals surface area contributed by atoms with Crippen molar-refractivity contribution in [2.24, 2.45) is 0 Å². The first-order valence-electron chi connectivity index (χ1n) is 38.2. The van der Waals surface area contributed by atoms with Gasteiger partial charge in [0.15, 0.2) is 0 Å². The lowest BCUT2D eigenvalue weighted by Crippen LogP contribution is -2.51. The molecule has 0 aromatic heterocycles. The molecule has 4 atom stereocenters. The average molecular weight is 1410 g/mol. The first-order chi connectivity index (χ1) is 48.3. The van der Waals surface area contributed by atoms with Gasteiger partial charge >= 0.3 is 11.9 Å². The number of guanidine groups is 2. The van der Waals surface area contributed by atoms with E-state index in [1.54, 1.807) is 0 Å². The molecule has 8 aromatic rings. The van der Waals surface area contributed by atoms with Crippen LogP contribution < -0.4 is 0 Å². The SMILES string of the molecule is CC(C)(C)c1cc(CN2C(=[N+]3CC[N+](=C4N(Cc5cc(C(C)(C)C)c(F)c(C(C)(C)C)c5)[C@@H](c5ccccc5)[C@H](c5ccccc5)N4Cc4cc(C(C)(C)C)c(F)c(C(C)(C)C)c4)CC3)N(Cc3cc(C(C)(C)C)c(F)c(C(C)(C)C)c3)[C@@H](c3ccccc3)[C@@H]2c2ccccc2)cc(C(C)(C)C)c1F. The number of rotatable bonds is 12. The van der Waals surface area contributed by atoms with Crippen molar-refractivity contribution in [2.75, 3.05) is 26.2 Å². The summed E-state index contributed by atoms with van der Waals surface area (Å²) in [6, 6.07) is 59.8. The fourth-order valence-corrected chi connectivity index (χ4v) is 16.3. The zero-order chi connectivity index (χ0) is 75.9. The standard InChI is InChI=1S/C94H120F4N6/c1-87(2,3)69-49-61(50-70(77(69)95)88(4,5)6)57-101-81(65-37-29-25-30-38-65)82(66-39-31-26-32-40-66)102(58-62-51-71(89(7,8)9)78(96)72(52-62)90(10,11)12)85(101)99-45-47-100(48-46-99)86-103(59-63-53-73(91(13,14)15)79(97)74(54-63)92(16,17)18)83(67-41-33-27-34-42-67)84(68-43-35-28-36-44-68)104(86)60-64-55-75(93(19,20)21)80(98)76(56-64)94(22,23)24/h25-44,49-56,81-84H,45-48,57-60H2,1-24H3/q+2/t81-,82-,83-,84-/m0/s1. The van der Waals surface area contributed by atoms with Gasteiger partial charge in [0.05, 0.1) is 52.4 Å². The van der Waals surface area contributed by atoms with Gasteiger partial charge in [-0.15, -0.1) is 0 Å². The molecule has 552 valence electrons. The van der Waals surface area contributed by atoms with Gasteiger partial charge in [0.2, 0.25) is 0 Å². The van der Waals surface area contributed by atoms with Crippen LogP contribution in [0.4, 0.5) is 17.6 Å². The molecule has 3 heterocycles. The fourth-order valence-electron chi connectivity index (χ4n) is 16.3. The molecule has 0 unspecified atom stereocenters. The zero-order valence-electron chi connectivity index (χ0n) is 67.3. The quantitative estimate of drug-likeness (QED) is 0.0896. The second-order valence-corrected chi connectivity index (χ2v) is 38.5. The van der Waals surface area contributed by atoms with E-state index >= 15 is 17.6 Å². The minimum absolute atomic E-state index is 0.150. The molecule has 3 aliphatic rings. The molecule has 3 fully saturated rings. The summed E-state index contributed by atoms with van der Waals surface area (Å²) in [5.74, 6) is 1.52. The summed E-state index contributed by atoms with van der Waals surface area (Å²) in [4.78, 5) is 10.5. The second-order valence-electron chi connectivity index (χ2n) is 38.5. The van der Waals surface area contributed by atoms with Crippen molar-refractivity contribution in [3.63, 3.8) is 0 Å². The predicted octanol–water partition coefficient (Wildman–Crippen LogP) is 22.7. The molecular formula is C94H120F4N6+2. The Labute approximate surface area is 623 Å². The van der Waals surface area contributed by atoms with E-state index in [1.165, 1.54) is 0 Å². The Morgan fingerprint density at radius 3 is 0.529 bits per heavy atom. The van der Waals surface area contributed by atoms with Crippen LogP contribution in [-0.4, -0.2) is 66.8 Å². The summed E-state index contributed by atoms with van der Waals surface area (Å²) in [6.45, 7) is 55.0. The Kier molecular flexibility index (Phi) is 21.1. The van der Waals surface area contributed by atoms with Crippen molar-refractivity contribution in [2.45, 2.75) is 260 Å². The third-order valence-electron chi connectivity index (χ3n) is 21.8. The van der Waals surface area contributed by atoms with Gasteiger partial charge in [0, 0.05) is 0 Å². The third kappa shape index (κ3) is 15.9. The molecule has 104 heavy (non-hydrogen) atoms. The lowest BCUT2D eigenvalue weighted by molar-refractivity contribution is -0.671. The van der Waals surface area contributed by atoms with Crippen LogP contribution in [0.25, 0.3) is 0 Å². The van der Waals surface area contributed by atoms with Crippen molar-refractivity contribution in [3.8, 4) is 0 Å². The van der Waals surface area contributed by atoms with Gasteiger partial charge in [-0.2, -0.15) is 0 Å². The number of benzene rings is 8. The second kappa shape index (κ2) is 28.4. The lowest BCUT2D eigenvalue weighted by Gasteiger charge is -2.31. The van der Waals surface area contributed by atoms with E-state index in [2.05, 4.69) is 365 Å². The van der Waals surface area contributed by atoms with Gasteiger partial charge < -0.3 is 0 Å². The highest BCUT2D eigenvalue weighted by Crippen LogP contribution is 2.51. The van der Waals surface area contributed by atoms with Crippen LogP contribution in [-0.2, 0) is 69.5 Å². The van der Waals surface area contributed by atoms with Crippen LogP contribution in [0.2, 0.25) is 0 Å². The Bertz CT molecular complexity index is 3770. The van der Waals surface area contributed by atoms with Crippen LogP contribution in [0.15, 0.2) is 170 Å². The van der Waals surface area contributed by atoms with E-state index in [9.17, 15) is 0 Å². The van der Waals surface area contributed by atoms with Gasteiger partial charge in [0.25, 0.3) is 0 Å². The minimum Gasteiger partial charge on any atom is -0.258 e. The van der Waals surface area contributed by atoms with Gasteiger partial charge in [-0.25, -0.2) is 37.2 Å². The maximum Gasteiger partial charge on any atom is 0.352 e. The minimum atomic E-state index is -0.497. The Hall–Kier alpha value is -7.98. The maximum atomic E-state index is 17.4. The topological polar surface area (TPSA) is 19.0 Å². The van der Waals surface area contributed by atoms with Crippen molar-refractivity contribution >= 4 is 11.9 Å². The molecule has 10 heteroatoms. The summed E-state index contributed by atoms with van der Waals surface area (Å²) in [7, 11) is 0. The average Bonchev–Trinajstić information content (AvgIpc) is 1.59. The van der Waals surface area contributed by atoms with Crippen LogP contribution >= 0.6 is 0 Å². The highest BCUT2D eigenvalue weighted by atomic mass is 19.1. The number of hydrogen-bond acceptors (Lipinski definition) is 0. The number of nitrogens with zero attached hydrogens (tertiary/aromatic N) is 6. The van der Waals surface area contributed by atoms with E-state index < -0.39 is 43.3 Å². The van der Waals surface area contributed by atoms with Gasteiger partial charge in [-0.1, -0.05) is 287 Å². The Morgan fingerprint density at radius 2 is 0.394 bits per heavy atom. The summed E-state index contributed by atoms with van der Waals surface area (Å²) >= 11 is 0. The van der Waals surface area contributed by atoms with Crippen molar-refractivity contribution in [1.82, 2.24) is 19.6 Å². The van der Waals surface area contributed by atoms with Crippen molar-refractivity contribution < 1.29 is 26.7 Å². The molecule has 0 saturated carbocycles. The van der Waals surface area contributed by atoms with E-state index in [1.807, 2.05) is 0 Å². The largest absolute Gasteiger partial charge is 0.352 e. The van der Waals surface area contributed by atoms with Crippen LogP contribution in [0.1, 0.15) is 279 Å². The van der Waals surface area contributed by atoms with Crippen LogP contribution in [0.3, 0.4) is 0 Å². The molecule has 11 rings (SSSR count). The van der Waals surface area contributed by atoms with E-state index in [-0.39, 0.29) is 47.4 Å². The summed E-state index contributed by atoms with van der Waals surface area (Å²) < 4.78 is 74.9. The molecule has 0 spiro atoms. The fraction of sp³-hybridized carbons (Fsp3) is 0.468. The summed E-state index contributed by atoms with van der Waals surface area (Å²) in [6.07, 6.45) is 0. The molecule has 0 aliphatic carbocycles. The number of halogens is 4. The predicted molar refractivity (Wildman–Crippen MR) is 424 cm³/mol. The van der Waals surface area contributed by atoms with E-state index in [4.69, 9.17) is 0 Å². The molecule has 8 aromatic carbocycles. The monoisotopic (exact) mass is 1410 g/mol. The normalized spacial score (nSPS) is 18.4. The smallest absolute Gasteiger partial charge is 0.258 e. The number of piperazine rings is 1. The van der Waals surface area contributed by atoms with Crippen molar-refractivity contribution in [1.29, 1.82) is 0 Å². The van der Waals surface area contributed by atoms with Crippen LogP contribution in [0, 0.1) is 23.3 Å². The lowest BCUT2D eigenvalue weighted by atomic mass is 9.78. The maximum absolute atomic E-state index is 17.4. The number of hydrogen-bond donors (Lipinski definition) is 0. The molecule has 0 N–H and O–H groups in total. The zero-order valence-corrected chi connectivity index (χ0v) is 67.3. The molecule has 3 saturated heterocycles.